The summed E-state index contributed by atoms with van der Waals surface area (Å²) in [7, 11) is 0. The Balaban J connectivity index is 1.87. The average molecular weight is 334 g/mol. The zero-order valence-electron chi connectivity index (χ0n) is 13.7. The second kappa shape index (κ2) is 8.33. The highest BCUT2D eigenvalue weighted by molar-refractivity contribution is 5.98. The molecule has 0 saturated heterocycles. The second-order valence-corrected chi connectivity index (χ2v) is 5.68. The van der Waals surface area contributed by atoms with E-state index in [4.69, 9.17) is 9.84 Å². The topological polar surface area (TPSA) is 95.9 Å². The number of rotatable bonds is 8. The minimum absolute atomic E-state index is 0.0454. The van der Waals surface area contributed by atoms with Gasteiger partial charge in [0.15, 0.2) is 6.61 Å². The number of hydrogen-bond acceptors (Lipinski definition) is 4. The number of carbonyl (C=O) groups excluding carboxylic acids is 2. The van der Waals surface area contributed by atoms with Gasteiger partial charge in [-0.3, -0.25) is 14.4 Å². The molecule has 1 aromatic rings. The first-order chi connectivity index (χ1) is 11.5. The van der Waals surface area contributed by atoms with E-state index in [1.807, 2.05) is 13.0 Å². The Hall–Kier alpha value is -2.57. The molecule has 24 heavy (non-hydrogen) atoms. The van der Waals surface area contributed by atoms with Crippen molar-refractivity contribution in [2.75, 3.05) is 24.6 Å². The van der Waals surface area contributed by atoms with Crippen LogP contribution in [0.1, 0.15) is 26.2 Å². The first-order valence-corrected chi connectivity index (χ1v) is 8.04. The van der Waals surface area contributed by atoms with Crippen molar-refractivity contribution >= 4 is 23.5 Å². The van der Waals surface area contributed by atoms with Gasteiger partial charge in [0.1, 0.15) is 5.75 Å². The average Bonchev–Trinajstić information content (AvgIpc) is 2.57. The molecule has 130 valence electrons. The van der Waals surface area contributed by atoms with Gasteiger partial charge in [0.05, 0.1) is 11.6 Å². The van der Waals surface area contributed by atoms with Gasteiger partial charge in [0.2, 0.25) is 5.91 Å². The lowest BCUT2D eigenvalue weighted by atomic mass is 10.0. The number of anilines is 1. The van der Waals surface area contributed by atoms with Crippen LogP contribution in [0.2, 0.25) is 0 Å². The molecule has 0 radical (unpaired) electrons. The molecule has 1 aliphatic rings. The molecule has 0 fully saturated rings. The smallest absolute Gasteiger partial charge is 0.308 e. The molecule has 1 atom stereocenters. The van der Waals surface area contributed by atoms with Crippen molar-refractivity contribution in [1.82, 2.24) is 5.32 Å². The molecule has 1 unspecified atom stereocenters. The van der Waals surface area contributed by atoms with Gasteiger partial charge in [-0.05, 0) is 18.6 Å². The van der Waals surface area contributed by atoms with Crippen molar-refractivity contribution in [2.24, 2.45) is 5.92 Å². The van der Waals surface area contributed by atoms with E-state index < -0.39 is 11.9 Å². The lowest BCUT2D eigenvalue weighted by molar-refractivity contribution is -0.142. The first-order valence-electron chi connectivity index (χ1n) is 8.04. The number of ether oxygens (including phenoxy) is 1. The van der Waals surface area contributed by atoms with Crippen LogP contribution in [0.4, 0.5) is 5.69 Å². The lowest BCUT2D eigenvalue weighted by Gasteiger charge is -2.29. The van der Waals surface area contributed by atoms with Crippen molar-refractivity contribution in [3.63, 3.8) is 0 Å². The molecule has 2 N–H and O–H groups in total. The number of aliphatic carboxylic acids is 1. The highest BCUT2D eigenvalue weighted by Crippen LogP contribution is 2.31. The van der Waals surface area contributed by atoms with E-state index in [1.54, 1.807) is 18.2 Å². The van der Waals surface area contributed by atoms with Gasteiger partial charge in [-0.2, -0.15) is 0 Å². The molecule has 1 aromatic carbocycles. The molecule has 0 aromatic heterocycles. The molecule has 7 heteroatoms. The summed E-state index contributed by atoms with van der Waals surface area (Å²) in [6, 6.07) is 7.17. The van der Waals surface area contributed by atoms with Crippen LogP contribution in [0.15, 0.2) is 24.3 Å². The fourth-order valence-electron chi connectivity index (χ4n) is 2.60. The molecule has 2 amide bonds. The monoisotopic (exact) mass is 334 g/mol. The lowest BCUT2D eigenvalue weighted by Crippen LogP contribution is -2.41. The molecule has 0 aliphatic carbocycles. The number of carbonyl (C=O) groups is 3. The van der Waals surface area contributed by atoms with Crippen LogP contribution < -0.4 is 15.0 Å². The maximum atomic E-state index is 12.0. The SMILES string of the molecule is CCCC(CNC(=O)CCN1C(=O)COc2ccccc21)C(=O)O. The van der Waals surface area contributed by atoms with Crippen LogP contribution in [-0.2, 0) is 14.4 Å². The largest absolute Gasteiger partial charge is 0.482 e. The van der Waals surface area contributed by atoms with Crippen LogP contribution in [0, 0.1) is 5.92 Å². The number of amides is 2. The van der Waals surface area contributed by atoms with Gasteiger partial charge in [-0.1, -0.05) is 25.5 Å². The fraction of sp³-hybridized carbons (Fsp3) is 0.471. The normalized spacial score (nSPS) is 14.5. The highest BCUT2D eigenvalue weighted by atomic mass is 16.5. The zero-order chi connectivity index (χ0) is 17.5. The summed E-state index contributed by atoms with van der Waals surface area (Å²) in [6.45, 7) is 2.20. The van der Waals surface area contributed by atoms with Gasteiger partial charge in [-0.15, -0.1) is 0 Å². The fourth-order valence-corrected chi connectivity index (χ4v) is 2.60. The van der Waals surface area contributed by atoms with E-state index in [1.165, 1.54) is 4.90 Å². The molecule has 2 rings (SSSR count). The molecule has 0 bridgehead atoms. The van der Waals surface area contributed by atoms with Gasteiger partial charge in [-0.25, -0.2) is 0 Å². The number of para-hydroxylation sites is 2. The summed E-state index contributed by atoms with van der Waals surface area (Å²) in [5.74, 6) is -1.34. The Labute approximate surface area is 140 Å². The Morgan fingerprint density at radius 2 is 2.12 bits per heavy atom. The first kappa shape index (κ1) is 17.8. The van der Waals surface area contributed by atoms with Gasteiger partial charge in [0, 0.05) is 19.5 Å². The minimum atomic E-state index is -0.908. The van der Waals surface area contributed by atoms with Crippen LogP contribution in [0.25, 0.3) is 0 Å². The van der Waals surface area contributed by atoms with Crippen LogP contribution in [-0.4, -0.2) is 42.6 Å². The molecular weight excluding hydrogens is 312 g/mol. The highest BCUT2D eigenvalue weighted by Gasteiger charge is 2.25. The Morgan fingerprint density at radius 3 is 2.83 bits per heavy atom. The third-order valence-corrected chi connectivity index (χ3v) is 3.90. The van der Waals surface area contributed by atoms with E-state index in [-0.39, 0.29) is 37.9 Å². The molecule has 1 aliphatic heterocycles. The quantitative estimate of drug-likeness (QED) is 0.749. The van der Waals surface area contributed by atoms with Gasteiger partial charge >= 0.3 is 5.97 Å². The van der Waals surface area contributed by atoms with E-state index in [2.05, 4.69) is 5.32 Å². The number of nitrogens with zero attached hydrogens (tertiary/aromatic N) is 1. The predicted molar refractivity (Wildman–Crippen MR) is 88.0 cm³/mol. The molecule has 7 nitrogen and oxygen atoms in total. The van der Waals surface area contributed by atoms with E-state index in [0.717, 1.165) is 6.42 Å². The summed E-state index contributed by atoms with van der Waals surface area (Å²) < 4.78 is 5.35. The number of carboxylic acid groups (broad SMARTS) is 1. The van der Waals surface area contributed by atoms with Crippen molar-refractivity contribution < 1.29 is 24.2 Å². The molecule has 1 heterocycles. The summed E-state index contributed by atoms with van der Waals surface area (Å²) in [5, 5.41) is 11.7. The summed E-state index contributed by atoms with van der Waals surface area (Å²) >= 11 is 0. The number of hydrogen-bond donors (Lipinski definition) is 2. The van der Waals surface area contributed by atoms with Crippen molar-refractivity contribution in [2.45, 2.75) is 26.2 Å². The summed E-state index contributed by atoms with van der Waals surface area (Å²) in [4.78, 5) is 36.6. The van der Waals surface area contributed by atoms with Crippen molar-refractivity contribution in [3.05, 3.63) is 24.3 Å². The third kappa shape index (κ3) is 4.47. The van der Waals surface area contributed by atoms with Crippen molar-refractivity contribution in [1.29, 1.82) is 0 Å². The predicted octanol–water partition coefficient (Wildman–Crippen LogP) is 1.42. The molecule has 0 spiro atoms. The van der Waals surface area contributed by atoms with E-state index in [9.17, 15) is 14.4 Å². The number of carboxylic acids is 1. The Kier molecular flexibility index (Phi) is 6.17. The Bertz CT molecular complexity index is 617. The zero-order valence-corrected chi connectivity index (χ0v) is 13.7. The standard InChI is InChI=1S/C17H22N2O5/c1-2-5-12(17(22)23)10-18-15(20)8-9-19-13-6-3-4-7-14(13)24-11-16(19)21/h3-4,6-7,12H,2,5,8-11H2,1H3,(H,18,20)(H,22,23). The van der Waals surface area contributed by atoms with Crippen molar-refractivity contribution in [3.8, 4) is 5.75 Å². The number of benzene rings is 1. The summed E-state index contributed by atoms with van der Waals surface area (Å²) in [5.41, 5.74) is 0.649. The van der Waals surface area contributed by atoms with Crippen LogP contribution in [0.3, 0.4) is 0 Å². The minimum Gasteiger partial charge on any atom is -0.482 e. The molecular formula is C17H22N2O5. The van der Waals surface area contributed by atoms with Gasteiger partial charge < -0.3 is 20.1 Å². The van der Waals surface area contributed by atoms with E-state index >= 15 is 0 Å². The van der Waals surface area contributed by atoms with Crippen LogP contribution >= 0.6 is 0 Å². The van der Waals surface area contributed by atoms with E-state index in [0.29, 0.717) is 17.9 Å². The maximum Gasteiger partial charge on any atom is 0.308 e. The summed E-state index contributed by atoms with van der Waals surface area (Å²) in [6.07, 6.45) is 1.37. The number of fused-ring (bicyclic) bond motifs is 1. The molecule has 0 saturated carbocycles. The number of nitrogens with one attached hydrogen (secondary N) is 1. The second-order valence-electron chi connectivity index (χ2n) is 5.68. The maximum absolute atomic E-state index is 12.0. The third-order valence-electron chi connectivity index (χ3n) is 3.90. The van der Waals surface area contributed by atoms with Gasteiger partial charge in [0.25, 0.3) is 5.91 Å². The van der Waals surface area contributed by atoms with Crippen LogP contribution in [0.5, 0.6) is 5.75 Å². The Morgan fingerprint density at radius 1 is 1.38 bits per heavy atom.